The molecule has 1 aliphatic rings. The van der Waals surface area contributed by atoms with E-state index in [-0.39, 0.29) is 31.0 Å². The number of aliphatic hydroxyl groups is 1. The largest absolute Gasteiger partial charge is 0.394 e. The Labute approximate surface area is 116 Å². The highest BCUT2D eigenvalue weighted by molar-refractivity contribution is 5.89. The number of anilines is 1. The van der Waals surface area contributed by atoms with E-state index < -0.39 is 0 Å². The standard InChI is InChI=1S/C12H19N5O3/c1-2-11(19)13-10-6-16(15-14-10)7-12(20)17-5-3-4-9(17)8-18/h6,9,18H,2-5,7-8H2,1H3,(H,13,19). The molecule has 2 N–H and O–H groups in total. The number of aromatic nitrogens is 3. The molecule has 1 aromatic heterocycles. The third-order valence-electron chi connectivity index (χ3n) is 3.33. The quantitative estimate of drug-likeness (QED) is 0.765. The van der Waals surface area contributed by atoms with Crippen LogP contribution in [0.15, 0.2) is 6.20 Å². The molecule has 2 heterocycles. The van der Waals surface area contributed by atoms with Crippen LogP contribution in [-0.2, 0) is 16.1 Å². The summed E-state index contributed by atoms with van der Waals surface area (Å²) in [6.45, 7) is 2.45. The van der Waals surface area contributed by atoms with Gasteiger partial charge in [-0.3, -0.25) is 9.59 Å². The van der Waals surface area contributed by atoms with Crippen molar-refractivity contribution < 1.29 is 14.7 Å². The molecule has 8 heteroatoms. The fourth-order valence-corrected chi connectivity index (χ4v) is 2.25. The average Bonchev–Trinajstić information content (AvgIpc) is 3.07. The lowest BCUT2D eigenvalue weighted by molar-refractivity contribution is -0.133. The Hall–Kier alpha value is -1.96. The molecule has 1 saturated heterocycles. The number of aliphatic hydroxyl groups excluding tert-OH is 1. The van der Waals surface area contributed by atoms with Crippen molar-refractivity contribution in [1.82, 2.24) is 19.9 Å². The van der Waals surface area contributed by atoms with Crippen LogP contribution < -0.4 is 5.32 Å². The van der Waals surface area contributed by atoms with Crippen LogP contribution in [0.5, 0.6) is 0 Å². The maximum absolute atomic E-state index is 12.1. The van der Waals surface area contributed by atoms with Crippen molar-refractivity contribution in [1.29, 1.82) is 0 Å². The Morgan fingerprint density at radius 2 is 2.35 bits per heavy atom. The first-order chi connectivity index (χ1) is 9.63. The second kappa shape index (κ2) is 6.47. The molecule has 0 spiro atoms. The smallest absolute Gasteiger partial charge is 0.244 e. The number of carbonyl (C=O) groups is 2. The molecule has 0 radical (unpaired) electrons. The summed E-state index contributed by atoms with van der Waals surface area (Å²) < 4.78 is 1.39. The zero-order chi connectivity index (χ0) is 14.5. The van der Waals surface area contributed by atoms with Gasteiger partial charge >= 0.3 is 0 Å². The third kappa shape index (κ3) is 3.32. The van der Waals surface area contributed by atoms with Crippen LogP contribution in [0.25, 0.3) is 0 Å². The molecular weight excluding hydrogens is 262 g/mol. The number of carbonyl (C=O) groups excluding carboxylic acids is 2. The van der Waals surface area contributed by atoms with Gasteiger partial charge in [-0.2, -0.15) is 0 Å². The summed E-state index contributed by atoms with van der Waals surface area (Å²) in [6, 6.07) is -0.0923. The molecule has 0 aliphatic carbocycles. The van der Waals surface area contributed by atoms with E-state index in [0.717, 1.165) is 12.8 Å². The van der Waals surface area contributed by atoms with E-state index in [2.05, 4.69) is 15.6 Å². The van der Waals surface area contributed by atoms with Crippen LogP contribution >= 0.6 is 0 Å². The van der Waals surface area contributed by atoms with Crippen molar-refractivity contribution in [3.63, 3.8) is 0 Å². The number of hydrogen-bond donors (Lipinski definition) is 2. The zero-order valence-electron chi connectivity index (χ0n) is 11.4. The van der Waals surface area contributed by atoms with E-state index in [9.17, 15) is 14.7 Å². The first-order valence-electron chi connectivity index (χ1n) is 6.74. The Balaban J connectivity index is 1.93. The molecule has 0 bridgehead atoms. The van der Waals surface area contributed by atoms with Crippen molar-refractivity contribution in [2.45, 2.75) is 38.8 Å². The van der Waals surface area contributed by atoms with Crippen molar-refractivity contribution >= 4 is 17.6 Å². The lowest BCUT2D eigenvalue weighted by Gasteiger charge is -2.22. The lowest BCUT2D eigenvalue weighted by atomic mass is 10.2. The predicted octanol–water partition coefficient (Wildman–Crippen LogP) is -0.390. The van der Waals surface area contributed by atoms with E-state index in [1.807, 2.05) is 0 Å². The Morgan fingerprint density at radius 1 is 1.55 bits per heavy atom. The highest BCUT2D eigenvalue weighted by Crippen LogP contribution is 2.17. The van der Waals surface area contributed by atoms with Crippen LogP contribution in [0.1, 0.15) is 26.2 Å². The van der Waals surface area contributed by atoms with Gasteiger partial charge in [-0.1, -0.05) is 12.1 Å². The number of nitrogens with zero attached hydrogens (tertiary/aromatic N) is 4. The second-order valence-electron chi connectivity index (χ2n) is 4.77. The summed E-state index contributed by atoms with van der Waals surface area (Å²) >= 11 is 0. The van der Waals surface area contributed by atoms with Crippen LogP contribution in [0.4, 0.5) is 5.82 Å². The summed E-state index contributed by atoms with van der Waals surface area (Å²) in [4.78, 5) is 25.0. The number of likely N-dealkylation sites (tertiary alicyclic amines) is 1. The van der Waals surface area contributed by atoms with Crippen LogP contribution in [0, 0.1) is 0 Å². The van der Waals surface area contributed by atoms with E-state index in [1.165, 1.54) is 10.9 Å². The summed E-state index contributed by atoms with van der Waals surface area (Å²) in [6.07, 6.45) is 3.62. The number of hydrogen-bond acceptors (Lipinski definition) is 5. The van der Waals surface area contributed by atoms with Crippen molar-refractivity contribution in [3.8, 4) is 0 Å². The minimum Gasteiger partial charge on any atom is -0.394 e. The number of rotatable bonds is 5. The molecule has 8 nitrogen and oxygen atoms in total. The summed E-state index contributed by atoms with van der Waals surface area (Å²) in [5.41, 5.74) is 0. The van der Waals surface area contributed by atoms with Gasteiger partial charge in [-0.15, -0.1) is 5.10 Å². The third-order valence-corrected chi connectivity index (χ3v) is 3.33. The first-order valence-corrected chi connectivity index (χ1v) is 6.74. The fourth-order valence-electron chi connectivity index (χ4n) is 2.25. The topological polar surface area (TPSA) is 100 Å². The first kappa shape index (κ1) is 14.4. The fraction of sp³-hybridized carbons (Fsp3) is 0.667. The van der Waals surface area contributed by atoms with Crippen LogP contribution in [0.2, 0.25) is 0 Å². The molecule has 110 valence electrons. The molecule has 0 saturated carbocycles. The monoisotopic (exact) mass is 281 g/mol. The number of amides is 2. The molecule has 0 aromatic carbocycles. The normalized spacial score (nSPS) is 18.3. The minimum absolute atomic E-state index is 0.0130. The highest BCUT2D eigenvalue weighted by atomic mass is 16.3. The van der Waals surface area contributed by atoms with Gasteiger partial charge in [0, 0.05) is 13.0 Å². The molecule has 1 unspecified atom stereocenters. The highest BCUT2D eigenvalue weighted by Gasteiger charge is 2.28. The molecular formula is C12H19N5O3. The molecule has 1 fully saturated rings. The summed E-state index contributed by atoms with van der Waals surface area (Å²) in [5.74, 6) is 0.0906. The Morgan fingerprint density at radius 3 is 3.05 bits per heavy atom. The van der Waals surface area contributed by atoms with E-state index in [1.54, 1.807) is 11.8 Å². The lowest BCUT2D eigenvalue weighted by Crippen LogP contribution is -2.39. The van der Waals surface area contributed by atoms with Gasteiger partial charge < -0.3 is 15.3 Å². The Kier molecular flexibility index (Phi) is 4.67. The van der Waals surface area contributed by atoms with Crippen LogP contribution in [0.3, 0.4) is 0 Å². The van der Waals surface area contributed by atoms with Gasteiger partial charge in [0.05, 0.1) is 18.8 Å². The molecule has 1 atom stereocenters. The van der Waals surface area contributed by atoms with E-state index in [0.29, 0.717) is 18.8 Å². The van der Waals surface area contributed by atoms with Gasteiger partial charge in [-0.05, 0) is 12.8 Å². The zero-order valence-corrected chi connectivity index (χ0v) is 11.4. The van der Waals surface area contributed by atoms with E-state index >= 15 is 0 Å². The molecule has 2 rings (SSSR count). The molecule has 2 amide bonds. The maximum Gasteiger partial charge on any atom is 0.244 e. The van der Waals surface area contributed by atoms with Gasteiger partial charge in [0.2, 0.25) is 11.8 Å². The Bertz CT molecular complexity index is 487. The average molecular weight is 281 g/mol. The molecule has 1 aromatic rings. The summed E-state index contributed by atoms with van der Waals surface area (Å²) in [7, 11) is 0. The maximum atomic E-state index is 12.1. The van der Waals surface area contributed by atoms with Gasteiger partial charge in [0.1, 0.15) is 6.54 Å². The van der Waals surface area contributed by atoms with Gasteiger partial charge in [-0.25, -0.2) is 4.68 Å². The SMILES string of the molecule is CCC(=O)Nc1cn(CC(=O)N2CCCC2CO)nn1. The van der Waals surface area contributed by atoms with E-state index in [4.69, 9.17) is 0 Å². The number of nitrogens with one attached hydrogen (secondary N) is 1. The van der Waals surface area contributed by atoms with Crippen LogP contribution in [-0.4, -0.2) is 56.0 Å². The second-order valence-corrected chi connectivity index (χ2v) is 4.77. The minimum atomic E-state index is -0.150. The van der Waals surface area contributed by atoms with Gasteiger partial charge in [0.15, 0.2) is 5.82 Å². The van der Waals surface area contributed by atoms with Gasteiger partial charge in [0.25, 0.3) is 0 Å². The summed E-state index contributed by atoms with van der Waals surface area (Å²) in [5, 5.41) is 19.4. The van der Waals surface area contributed by atoms with Crippen molar-refractivity contribution in [2.24, 2.45) is 0 Å². The van der Waals surface area contributed by atoms with Crippen molar-refractivity contribution in [3.05, 3.63) is 6.20 Å². The molecule has 1 aliphatic heterocycles. The molecule has 20 heavy (non-hydrogen) atoms. The van der Waals surface area contributed by atoms with Crippen molar-refractivity contribution in [2.75, 3.05) is 18.5 Å². The predicted molar refractivity (Wildman–Crippen MR) is 70.8 cm³/mol.